The second-order valence-electron chi connectivity index (χ2n) is 9.39. The average molecular weight is 516 g/mol. The van der Waals surface area contributed by atoms with Crippen LogP contribution in [0.3, 0.4) is 0 Å². The summed E-state index contributed by atoms with van der Waals surface area (Å²) in [6, 6.07) is 10.7. The minimum Gasteiger partial charge on any atom is -0.493 e. The highest BCUT2D eigenvalue weighted by Gasteiger charge is 2.42. The summed E-state index contributed by atoms with van der Waals surface area (Å²) in [5.41, 5.74) is 1.07. The molecule has 0 aromatic heterocycles. The number of hydrogen-bond acceptors (Lipinski definition) is 6. The Labute approximate surface area is 217 Å². The number of piperidine rings is 2. The maximum absolute atomic E-state index is 13.2. The minimum absolute atomic E-state index is 0.0157. The third kappa shape index (κ3) is 5.39. The van der Waals surface area contributed by atoms with Crippen LogP contribution in [0.1, 0.15) is 49.4 Å². The molecular weight excluding hydrogens is 482 g/mol. The highest BCUT2D eigenvalue weighted by molar-refractivity contribution is 6.33. The zero-order valence-corrected chi connectivity index (χ0v) is 21.9. The van der Waals surface area contributed by atoms with Crippen LogP contribution in [-0.2, 0) is 4.79 Å². The first-order valence-electron chi connectivity index (χ1n) is 12.3. The van der Waals surface area contributed by atoms with Gasteiger partial charge in [0.2, 0.25) is 11.7 Å². The van der Waals surface area contributed by atoms with E-state index in [9.17, 15) is 9.59 Å². The monoisotopic (exact) mass is 515 g/mol. The lowest BCUT2D eigenvalue weighted by Crippen LogP contribution is -2.61. The topological polar surface area (TPSA) is 89.1 Å². The van der Waals surface area contributed by atoms with Gasteiger partial charge in [-0.05, 0) is 56.9 Å². The normalized spacial score (nSPS) is 22.3. The second-order valence-corrected chi connectivity index (χ2v) is 9.79. The number of carbonyl (C=O) groups excluding carboxylic acids is 2. The van der Waals surface area contributed by atoms with Gasteiger partial charge >= 0.3 is 0 Å². The third-order valence-corrected chi connectivity index (χ3v) is 7.58. The van der Waals surface area contributed by atoms with Gasteiger partial charge < -0.3 is 24.8 Å². The van der Waals surface area contributed by atoms with Crippen molar-refractivity contribution >= 4 is 29.1 Å². The van der Waals surface area contributed by atoms with Crippen LogP contribution >= 0.6 is 11.6 Å². The zero-order valence-electron chi connectivity index (χ0n) is 21.2. The number of anilines is 1. The molecule has 2 heterocycles. The first kappa shape index (κ1) is 26.1. The van der Waals surface area contributed by atoms with Gasteiger partial charge in [-0.1, -0.05) is 30.2 Å². The predicted molar refractivity (Wildman–Crippen MR) is 139 cm³/mol. The van der Waals surface area contributed by atoms with Crippen LogP contribution in [0.5, 0.6) is 17.2 Å². The van der Waals surface area contributed by atoms with Crippen LogP contribution in [-0.4, -0.2) is 62.2 Å². The summed E-state index contributed by atoms with van der Waals surface area (Å²) in [6.45, 7) is 1.95. The molecule has 2 aliphatic rings. The minimum atomic E-state index is -0.302. The maximum atomic E-state index is 13.2. The van der Waals surface area contributed by atoms with Crippen LogP contribution in [0.4, 0.5) is 5.69 Å². The van der Waals surface area contributed by atoms with Crippen molar-refractivity contribution in [2.75, 3.05) is 26.6 Å². The second kappa shape index (κ2) is 11.4. The summed E-state index contributed by atoms with van der Waals surface area (Å²) in [7, 11) is 4.58. The van der Waals surface area contributed by atoms with Crippen molar-refractivity contribution in [1.29, 1.82) is 0 Å². The van der Waals surface area contributed by atoms with E-state index < -0.39 is 0 Å². The molecule has 9 heteroatoms. The number of rotatable bonds is 8. The SMILES string of the molecule is COc1cc(C(=O)NC2CC3CCCC(C2)N3C(C)C(=O)Nc2ccccc2Cl)cc(OC)c1OC. The van der Waals surface area contributed by atoms with Crippen molar-refractivity contribution in [3.8, 4) is 17.2 Å². The molecule has 0 radical (unpaired) electrons. The quantitative estimate of drug-likeness (QED) is 0.538. The molecule has 2 aromatic rings. The van der Waals surface area contributed by atoms with E-state index in [4.69, 9.17) is 25.8 Å². The number of nitrogens with one attached hydrogen (secondary N) is 2. The smallest absolute Gasteiger partial charge is 0.251 e. The lowest BCUT2D eigenvalue weighted by atomic mass is 9.80. The Kier molecular flexibility index (Phi) is 8.26. The summed E-state index contributed by atoms with van der Waals surface area (Å²) in [4.78, 5) is 28.6. The Balaban J connectivity index is 1.44. The molecule has 8 nitrogen and oxygen atoms in total. The molecule has 2 aromatic carbocycles. The molecule has 2 aliphatic heterocycles. The molecule has 0 saturated carbocycles. The highest BCUT2D eigenvalue weighted by atomic mass is 35.5. The van der Waals surface area contributed by atoms with Crippen LogP contribution in [0.2, 0.25) is 5.02 Å². The van der Waals surface area contributed by atoms with Crippen LogP contribution in [0.15, 0.2) is 36.4 Å². The van der Waals surface area contributed by atoms with Gasteiger partial charge in [-0.15, -0.1) is 0 Å². The van der Waals surface area contributed by atoms with Crippen molar-refractivity contribution in [1.82, 2.24) is 10.2 Å². The number of para-hydroxylation sites is 1. The van der Waals surface area contributed by atoms with E-state index in [1.54, 1.807) is 24.3 Å². The van der Waals surface area contributed by atoms with Gasteiger partial charge in [-0.3, -0.25) is 14.5 Å². The first-order chi connectivity index (χ1) is 17.4. The molecule has 2 amide bonds. The average Bonchev–Trinajstić information content (AvgIpc) is 2.88. The maximum Gasteiger partial charge on any atom is 0.251 e. The lowest BCUT2D eigenvalue weighted by molar-refractivity contribution is -0.125. The van der Waals surface area contributed by atoms with E-state index in [2.05, 4.69) is 15.5 Å². The largest absolute Gasteiger partial charge is 0.493 e. The van der Waals surface area contributed by atoms with Crippen molar-refractivity contribution in [3.63, 3.8) is 0 Å². The van der Waals surface area contributed by atoms with Gasteiger partial charge in [0.25, 0.3) is 5.91 Å². The van der Waals surface area contributed by atoms with Gasteiger partial charge in [0, 0.05) is 23.7 Å². The predicted octanol–water partition coefficient (Wildman–Crippen LogP) is 4.51. The molecule has 2 fully saturated rings. The molecule has 3 unspecified atom stereocenters. The number of hydrogen-bond donors (Lipinski definition) is 2. The Morgan fingerprint density at radius 2 is 1.61 bits per heavy atom. The fourth-order valence-corrected chi connectivity index (χ4v) is 5.77. The summed E-state index contributed by atoms with van der Waals surface area (Å²) < 4.78 is 16.2. The van der Waals surface area contributed by atoms with Gasteiger partial charge in [-0.2, -0.15) is 0 Å². The van der Waals surface area contributed by atoms with Crippen LogP contribution in [0, 0.1) is 0 Å². The van der Waals surface area contributed by atoms with Crippen molar-refractivity contribution in [3.05, 3.63) is 47.0 Å². The number of nitrogens with zero attached hydrogens (tertiary/aromatic N) is 1. The number of benzene rings is 2. The Bertz CT molecular complexity index is 1070. The van der Waals surface area contributed by atoms with Gasteiger partial charge in [0.1, 0.15) is 0 Å². The summed E-state index contributed by atoms with van der Waals surface area (Å²) in [5.74, 6) is 1.07. The third-order valence-electron chi connectivity index (χ3n) is 7.25. The number of halogens is 1. The van der Waals surface area contributed by atoms with Crippen LogP contribution < -0.4 is 24.8 Å². The molecular formula is C27H34ClN3O5. The van der Waals surface area contributed by atoms with Crippen molar-refractivity contribution in [2.45, 2.75) is 63.2 Å². The Morgan fingerprint density at radius 3 is 2.17 bits per heavy atom. The zero-order chi connectivity index (χ0) is 25.8. The number of fused-ring (bicyclic) bond motifs is 2. The fourth-order valence-electron chi connectivity index (χ4n) is 5.58. The molecule has 3 atom stereocenters. The van der Waals surface area contributed by atoms with E-state index in [0.717, 1.165) is 32.1 Å². The fraction of sp³-hybridized carbons (Fsp3) is 0.481. The van der Waals surface area contributed by atoms with E-state index in [0.29, 0.717) is 33.5 Å². The Morgan fingerprint density at radius 1 is 1.00 bits per heavy atom. The summed E-state index contributed by atoms with van der Waals surface area (Å²) in [5, 5.41) is 6.70. The van der Waals surface area contributed by atoms with Crippen molar-refractivity contribution in [2.24, 2.45) is 0 Å². The molecule has 36 heavy (non-hydrogen) atoms. The summed E-state index contributed by atoms with van der Waals surface area (Å²) in [6.07, 6.45) is 4.69. The molecule has 4 rings (SSSR count). The molecule has 194 valence electrons. The van der Waals surface area contributed by atoms with Gasteiger partial charge in [-0.25, -0.2) is 0 Å². The first-order valence-corrected chi connectivity index (χ1v) is 12.7. The van der Waals surface area contributed by atoms with E-state index in [-0.39, 0.29) is 36.0 Å². The molecule has 0 spiro atoms. The number of carbonyl (C=O) groups is 2. The van der Waals surface area contributed by atoms with Crippen molar-refractivity contribution < 1.29 is 23.8 Å². The number of ether oxygens (including phenoxy) is 3. The van der Waals surface area contributed by atoms with E-state index in [1.807, 2.05) is 19.1 Å². The summed E-state index contributed by atoms with van der Waals surface area (Å²) >= 11 is 6.24. The lowest BCUT2D eigenvalue weighted by Gasteiger charge is -2.51. The molecule has 2 bridgehead atoms. The van der Waals surface area contributed by atoms with Gasteiger partial charge in [0.05, 0.1) is 38.1 Å². The highest BCUT2D eigenvalue weighted by Crippen LogP contribution is 2.39. The molecule has 2 N–H and O–H groups in total. The number of methoxy groups -OCH3 is 3. The van der Waals surface area contributed by atoms with Gasteiger partial charge in [0.15, 0.2) is 11.5 Å². The van der Waals surface area contributed by atoms with Crippen LogP contribution in [0.25, 0.3) is 0 Å². The Hall–Kier alpha value is -2.97. The molecule has 0 aliphatic carbocycles. The standard InChI is InChI=1S/C27H34ClN3O5/c1-16(26(32)30-22-11-6-5-10-21(22)28)31-19-8-7-9-20(31)15-18(14-19)29-27(33)17-12-23(34-2)25(36-4)24(13-17)35-3/h5-6,10-13,16,18-20H,7-9,14-15H2,1-4H3,(H,29,33)(H,30,32). The van der Waals surface area contributed by atoms with E-state index in [1.165, 1.54) is 21.3 Å². The van der Waals surface area contributed by atoms with E-state index >= 15 is 0 Å². The molecule has 2 saturated heterocycles. The number of amides is 2.